The van der Waals surface area contributed by atoms with E-state index in [-0.39, 0.29) is 0 Å². The fraction of sp³-hybridized carbons (Fsp3) is 0.500. The summed E-state index contributed by atoms with van der Waals surface area (Å²) in [5.74, 6) is 0. The van der Waals surface area contributed by atoms with Crippen LogP contribution >= 0.6 is 11.6 Å². The van der Waals surface area contributed by atoms with Crippen molar-refractivity contribution < 1.29 is 0 Å². The number of nitrogens with zero attached hydrogens (tertiary/aromatic N) is 2. The zero-order chi connectivity index (χ0) is 9.42. The van der Waals surface area contributed by atoms with Crippen molar-refractivity contribution in [3.05, 3.63) is 28.5 Å². The van der Waals surface area contributed by atoms with E-state index in [1.54, 1.807) is 6.20 Å². The van der Waals surface area contributed by atoms with E-state index in [0.29, 0.717) is 6.04 Å². The van der Waals surface area contributed by atoms with Crippen LogP contribution in [0.4, 0.5) is 0 Å². The summed E-state index contributed by atoms with van der Waals surface area (Å²) in [5.41, 5.74) is 2.46. The molecule has 0 aromatic carbocycles. The minimum Gasteiger partial charge on any atom is -0.291 e. The molecule has 0 spiro atoms. The van der Waals surface area contributed by atoms with Gasteiger partial charge >= 0.3 is 0 Å². The molecule has 0 saturated carbocycles. The zero-order valence-corrected chi connectivity index (χ0v) is 8.67. The van der Waals surface area contributed by atoms with Crippen molar-refractivity contribution >= 4 is 11.6 Å². The van der Waals surface area contributed by atoms with Gasteiger partial charge in [-0.15, -0.1) is 0 Å². The minimum atomic E-state index is 0.577. The second kappa shape index (κ2) is 3.28. The smallest absolute Gasteiger partial charge is 0.0592 e. The molecule has 0 atom stereocenters. The summed E-state index contributed by atoms with van der Waals surface area (Å²) < 4.78 is 0. The first-order valence-electron chi connectivity index (χ1n) is 4.54. The SMILES string of the molecule is CC(C)N1Cc2cc(Cl)cnc2C1. The summed E-state index contributed by atoms with van der Waals surface area (Å²) in [4.78, 5) is 6.70. The number of pyridine rings is 1. The molecule has 2 heterocycles. The predicted molar refractivity (Wildman–Crippen MR) is 53.6 cm³/mol. The maximum absolute atomic E-state index is 5.87. The van der Waals surface area contributed by atoms with E-state index >= 15 is 0 Å². The molecular formula is C10H13ClN2. The van der Waals surface area contributed by atoms with Gasteiger partial charge in [-0.1, -0.05) is 11.6 Å². The largest absolute Gasteiger partial charge is 0.291 e. The fourth-order valence-electron chi connectivity index (χ4n) is 1.62. The van der Waals surface area contributed by atoms with Gasteiger partial charge in [-0.25, -0.2) is 0 Å². The molecule has 70 valence electrons. The van der Waals surface area contributed by atoms with Gasteiger partial charge in [0.15, 0.2) is 0 Å². The van der Waals surface area contributed by atoms with Crippen molar-refractivity contribution in [3.8, 4) is 0 Å². The molecular weight excluding hydrogens is 184 g/mol. The Bertz CT molecular complexity index is 323. The van der Waals surface area contributed by atoms with E-state index in [9.17, 15) is 0 Å². The van der Waals surface area contributed by atoms with Crippen LogP contribution in [0.15, 0.2) is 12.3 Å². The van der Waals surface area contributed by atoms with Gasteiger partial charge in [-0.05, 0) is 25.5 Å². The highest BCUT2D eigenvalue weighted by Crippen LogP contribution is 2.24. The van der Waals surface area contributed by atoms with Crippen LogP contribution in [0, 0.1) is 0 Å². The highest BCUT2D eigenvalue weighted by molar-refractivity contribution is 6.30. The van der Waals surface area contributed by atoms with Crippen molar-refractivity contribution in [3.63, 3.8) is 0 Å². The quantitative estimate of drug-likeness (QED) is 0.686. The Balaban J connectivity index is 2.25. The van der Waals surface area contributed by atoms with E-state index in [0.717, 1.165) is 18.1 Å². The second-order valence-corrected chi connectivity index (χ2v) is 4.19. The van der Waals surface area contributed by atoms with Gasteiger partial charge < -0.3 is 0 Å². The molecule has 2 rings (SSSR count). The number of rotatable bonds is 1. The van der Waals surface area contributed by atoms with E-state index in [1.807, 2.05) is 6.07 Å². The first-order chi connectivity index (χ1) is 6.16. The lowest BCUT2D eigenvalue weighted by Crippen LogP contribution is -2.24. The van der Waals surface area contributed by atoms with Crippen LogP contribution in [0.25, 0.3) is 0 Å². The normalized spacial score (nSPS) is 16.6. The maximum Gasteiger partial charge on any atom is 0.0592 e. The maximum atomic E-state index is 5.87. The van der Waals surface area contributed by atoms with Gasteiger partial charge in [0.1, 0.15) is 0 Å². The van der Waals surface area contributed by atoms with Gasteiger partial charge in [-0.3, -0.25) is 9.88 Å². The van der Waals surface area contributed by atoms with Gasteiger partial charge in [0.2, 0.25) is 0 Å². The van der Waals surface area contributed by atoms with Crippen molar-refractivity contribution in [2.24, 2.45) is 0 Å². The van der Waals surface area contributed by atoms with Crippen LogP contribution in [-0.4, -0.2) is 15.9 Å². The number of halogens is 1. The van der Waals surface area contributed by atoms with Gasteiger partial charge in [0, 0.05) is 25.3 Å². The molecule has 2 nitrogen and oxygen atoms in total. The molecule has 0 bridgehead atoms. The average molecular weight is 197 g/mol. The van der Waals surface area contributed by atoms with E-state index in [1.165, 1.54) is 11.3 Å². The van der Waals surface area contributed by atoms with Crippen molar-refractivity contribution in [2.75, 3.05) is 0 Å². The molecule has 0 fully saturated rings. The Hall–Kier alpha value is -0.600. The van der Waals surface area contributed by atoms with Crippen molar-refractivity contribution in [1.82, 2.24) is 9.88 Å². The fourth-order valence-corrected chi connectivity index (χ4v) is 1.80. The summed E-state index contributed by atoms with van der Waals surface area (Å²) >= 11 is 5.87. The molecule has 1 aliphatic rings. The van der Waals surface area contributed by atoms with Crippen LogP contribution in [0.5, 0.6) is 0 Å². The third-order valence-corrected chi connectivity index (χ3v) is 2.69. The third-order valence-electron chi connectivity index (χ3n) is 2.48. The highest BCUT2D eigenvalue weighted by Gasteiger charge is 2.21. The van der Waals surface area contributed by atoms with E-state index in [2.05, 4.69) is 23.7 Å². The van der Waals surface area contributed by atoms with Crippen LogP contribution in [0.3, 0.4) is 0 Å². The first kappa shape index (κ1) is 8.97. The Kier molecular flexibility index (Phi) is 2.26. The van der Waals surface area contributed by atoms with Crippen LogP contribution in [0.2, 0.25) is 5.02 Å². The third kappa shape index (κ3) is 1.69. The molecule has 0 aliphatic carbocycles. The molecule has 0 radical (unpaired) electrons. The molecule has 0 N–H and O–H groups in total. The first-order valence-corrected chi connectivity index (χ1v) is 4.92. The van der Waals surface area contributed by atoms with Gasteiger partial charge in [0.25, 0.3) is 0 Å². The average Bonchev–Trinajstić information content (AvgIpc) is 2.46. The standard InChI is InChI=1S/C10H13ClN2/c1-7(2)13-5-8-3-9(11)4-12-10(8)6-13/h3-4,7H,5-6H2,1-2H3. The lowest BCUT2D eigenvalue weighted by atomic mass is 10.2. The Morgan fingerprint density at radius 2 is 2.23 bits per heavy atom. The van der Waals surface area contributed by atoms with E-state index in [4.69, 9.17) is 11.6 Å². The van der Waals surface area contributed by atoms with Gasteiger partial charge in [0.05, 0.1) is 10.7 Å². The van der Waals surface area contributed by atoms with Crippen LogP contribution in [0.1, 0.15) is 25.1 Å². The summed E-state index contributed by atoms with van der Waals surface area (Å²) in [5, 5.41) is 0.740. The zero-order valence-electron chi connectivity index (χ0n) is 7.92. The molecule has 1 aromatic heterocycles. The lowest BCUT2D eigenvalue weighted by molar-refractivity contribution is 0.226. The number of hydrogen-bond acceptors (Lipinski definition) is 2. The Labute approximate surface area is 83.5 Å². The summed E-state index contributed by atoms with van der Waals surface area (Å²) in [6, 6.07) is 2.60. The molecule has 0 saturated heterocycles. The topological polar surface area (TPSA) is 16.1 Å². The second-order valence-electron chi connectivity index (χ2n) is 3.76. The van der Waals surface area contributed by atoms with E-state index < -0.39 is 0 Å². The summed E-state index contributed by atoms with van der Waals surface area (Å²) in [7, 11) is 0. The predicted octanol–water partition coefficient (Wildman–Crippen LogP) is 2.46. The number of fused-ring (bicyclic) bond motifs is 1. The lowest BCUT2D eigenvalue weighted by Gasteiger charge is -2.18. The molecule has 0 amide bonds. The molecule has 1 aromatic rings. The van der Waals surface area contributed by atoms with Crippen molar-refractivity contribution in [1.29, 1.82) is 0 Å². The van der Waals surface area contributed by atoms with Crippen molar-refractivity contribution in [2.45, 2.75) is 33.0 Å². The molecule has 13 heavy (non-hydrogen) atoms. The Morgan fingerprint density at radius 3 is 2.92 bits per heavy atom. The Morgan fingerprint density at radius 1 is 1.46 bits per heavy atom. The number of hydrogen-bond donors (Lipinski definition) is 0. The minimum absolute atomic E-state index is 0.577. The van der Waals surface area contributed by atoms with Crippen LogP contribution < -0.4 is 0 Å². The molecule has 3 heteroatoms. The van der Waals surface area contributed by atoms with Gasteiger partial charge in [-0.2, -0.15) is 0 Å². The number of aromatic nitrogens is 1. The molecule has 1 aliphatic heterocycles. The molecule has 0 unspecified atom stereocenters. The van der Waals surface area contributed by atoms with Crippen LogP contribution in [-0.2, 0) is 13.1 Å². The monoisotopic (exact) mass is 196 g/mol. The summed E-state index contributed by atoms with van der Waals surface area (Å²) in [6.45, 7) is 6.35. The summed E-state index contributed by atoms with van der Waals surface area (Å²) in [6.07, 6.45) is 1.73. The highest BCUT2D eigenvalue weighted by atomic mass is 35.5.